The molecule has 7 nitrogen and oxygen atoms in total. The predicted molar refractivity (Wildman–Crippen MR) is 107 cm³/mol. The van der Waals surface area contributed by atoms with Gasteiger partial charge in [0.2, 0.25) is 11.9 Å². The van der Waals surface area contributed by atoms with Crippen LogP contribution in [-0.4, -0.2) is 52.7 Å². The molecule has 33 heavy (non-hydrogen) atoms. The average Bonchev–Trinajstić information content (AvgIpc) is 3.50. The second kappa shape index (κ2) is 9.05. The Labute approximate surface area is 188 Å². The number of carbonyl (C=O) groups is 1. The number of thioether (sulfide) groups is 1. The van der Waals surface area contributed by atoms with E-state index in [1.807, 2.05) is 9.47 Å². The third kappa shape index (κ3) is 5.72. The molecule has 14 heteroatoms. The Hall–Kier alpha value is -2.48. The van der Waals surface area contributed by atoms with Gasteiger partial charge in [-0.15, -0.1) is 10.2 Å². The molecule has 1 aromatic carbocycles. The predicted octanol–water partition coefficient (Wildman–Crippen LogP) is 4.22. The summed E-state index contributed by atoms with van der Waals surface area (Å²) in [6.45, 7) is 2.40. The fraction of sp³-hybridized carbons (Fsp3) is 0.526. The first-order chi connectivity index (χ1) is 15.5. The number of benzene rings is 1. The molecular formula is C19H19F6N5O2S. The van der Waals surface area contributed by atoms with Gasteiger partial charge >= 0.3 is 12.4 Å². The zero-order valence-electron chi connectivity index (χ0n) is 17.0. The highest BCUT2D eigenvalue weighted by Gasteiger charge is 2.37. The number of nitrogens with zero attached hydrogens (tertiary/aromatic N) is 4. The minimum atomic E-state index is -4.99. The second-order valence-electron chi connectivity index (χ2n) is 7.61. The van der Waals surface area contributed by atoms with Crippen molar-refractivity contribution in [1.29, 1.82) is 0 Å². The number of hydrogen-bond donors (Lipinski definition) is 1. The van der Waals surface area contributed by atoms with Crippen LogP contribution in [0.3, 0.4) is 0 Å². The zero-order valence-corrected chi connectivity index (χ0v) is 17.9. The third-order valence-electron chi connectivity index (χ3n) is 5.06. The van der Waals surface area contributed by atoms with Crippen molar-refractivity contribution in [3.63, 3.8) is 0 Å². The summed E-state index contributed by atoms with van der Waals surface area (Å²) in [4.78, 5) is 14.4. The van der Waals surface area contributed by atoms with Crippen LogP contribution in [0, 0.1) is 0 Å². The second-order valence-corrected chi connectivity index (χ2v) is 8.56. The Morgan fingerprint density at radius 3 is 2.18 bits per heavy atom. The van der Waals surface area contributed by atoms with Crippen LogP contribution < -0.4 is 10.2 Å². The van der Waals surface area contributed by atoms with Crippen LogP contribution in [0.25, 0.3) is 0 Å². The zero-order chi connectivity index (χ0) is 23.8. The first kappa shape index (κ1) is 23.7. The Morgan fingerprint density at radius 1 is 1.03 bits per heavy atom. The number of alkyl halides is 6. The van der Waals surface area contributed by atoms with Crippen molar-refractivity contribution in [2.75, 3.05) is 42.3 Å². The molecular weight excluding hydrogens is 476 g/mol. The molecule has 0 atom stereocenters. The van der Waals surface area contributed by atoms with Gasteiger partial charge in [-0.1, -0.05) is 11.8 Å². The smallest absolute Gasteiger partial charge is 0.378 e. The molecule has 0 bridgehead atoms. The summed E-state index contributed by atoms with van der Waals surface area (Å²) in [6, 6.07) is 1.15. The molecule has 1 aliphatic heterocycles. The summed E-state index contributed by atoms with van der Waals surface area (Å²) in [5.74, 6) is -0.354. The van der Waals surface area contributed by atoms with Gasteiger partial charge in [-0.25, -0.2) is 0 Å². The maximum Gasteiger partial charge on any atom is 0.416 e. The number of nitrogens with one attached hydrogen (secondary N) is 1. The van der Waals surface area contributed by atoms with Crippen molar-refractivity contribution in [3.05, 3.63) is 29.3 Å². The molecule has 0 radical (unpaired) electrons. The summed E-state index contributed by atoms with van der Waals surface area (Å²) in [6.07, 6.45) is -8.13. The number of carbonyl (C=O) groups excluding carboxylic acids is 1. The van der Waals surface area contributed by atoms with Gasteiger partial charge in [0.05, 0.1) is 30.1 Å². The Morgan fingerprint density at radius 2 is 1.64 bits per heavy atom. The average molecular weight is 495 g/mol. The van der Waals surface area contributed by atoms with Crippen molar-refractivity contribution in [2.45, 2.75) is 36.4 Å². The van der Waals surface area contributed by atoms with Gasteiger partial charge in [-0.3, -0.25) is 9.36 Å². The lowest BCUT2D eigenvalue weighted by molar-refractivity contribution is -0.143. The van der Waals surface area contributed by atoms with Crippen molar-refractivity contribution in [2.24, 2.45) is 0 Å². The van der Waals surface area contributed by atoms with Crippen molar-refractivity contribution < 1.29 is 35.9 Å². The van der Waals surface area contributed by atoms with Gasteiger partial charge in [0, 0.05) is 24.8 Å². The quantitative estimate of drug-likeness (QED) is 0.478. The van der Waals surface area contributed by atoms with Crippen LogP contribution in [0.4, 0.5) is 38.0 Å². The van der Waals surface area contributed by atoms with Crippen LogP contribution in [0.15, 0.2) is 23.4 Å². The van der Waals surface area contributed by atoms with Crippen LogP contribution in [0.5, 0.6) is 0 Å². The van der Waals surface area contributed by atoms with E-state index in [0.29, 0.717) is 49.5 Å². The standard InChI is InChI=1S/C19H19F6N5O2S/c20-18(21,22)11-7-12(19(23,24)25)9-13(8-11)26-15(31)10-33-17-28-27-16(30(17)14-1-2-14)29-3-5-32-6-4-29/h7-9,14H,1-6,10H2,(H,26,31). The van der Waals surface area contributed by atoms with Gasteiger partial charge in [0.25, 0.3) is 0 Å². The summed E-state index contributed by atoms with van der Waals surface area (Å²) in [5, 5.41) is 11.0. The molecule has 4 rings (SSSR count). The van der Waals surface area contributed by atoms with Crippen molar-refractivity contribution >= 4 is 29.3 Å². The molecule has 180 valence electrons. The van der Waals surface area contributed by atoms with E-state index in [-0.39, 0.29) is 17.9 Å². The monoisotopic (exact) mass is 495 g/mol. The van der Waals surface area contributed by atoms with Crippen LogP contribution >= 0.6 is 11.8 Å². The number of morpholine rings is 1. The molecule has 1 saturated carbocycles. The van der Waals surface area contributed by atoms with E-state index in [2.05, 4.69) is 15.5 Å². The summed E-state index contributed by atoms with van der Waals surface area (Å²) < 4.78 is 85.3. The maximum atomic E-state index is 13.0. The number of anilines is 2. The highest BCUT2D eigenvalue weighted by molar-refractivity contribution is 7.99. The number of ether oxygens (including phenoxy) is 1. The van der Waals surface area contributed by atoms with E-state index >= 15 is 0 Å². The summed E-state index contributed by atoms with van der Waals surface area (Å²) in [7, 11) is 0. The largest absolute Gasteiger partial charge is 0.416 e. The molecule has 2 aromatic rings. The van der Waals surface area contributed by atoms with E-state index in [4.69, 9.17) is 4.74 Å². The van der Waals surface area contributed by atoms with Gasteiger partial charge in [0.15, 0.2) is 5.16 Å². The van der Waals surface area contributed by atoms with Gasteiger partial charge in [0.1, 0.15) is 0 Å². The van der Waals surface area contributed by atoms with Gasteiger partial charge < -0.3 is 15.0 Å². The Kier molecular flexibility index (Phi) is 6.49. The van der Waals surface area contributed by atoms with E-state index in [1.165, 1.54) is 0 Å². The highest BCUT2D eigenvalue weighted by atomic mass is 32.2. The summed E-state index contributed by atoms with van der Waals surface area (Å²) >= 11 is 1.02. The van der Waals surface area contributed by atoms with Crippen molar-refractivity contribution in [1.82, 2.24) is 14.8 Å². The SMILES string of the molecule is O=C(CSc1nnc(N2CCOCC2)n1C1CC1)Nc1cc(C(F)(F)F)cc(C(F)(F)F)c1. The number of aromatic nitrogens is 3. The van der Waals surface area contributed by atoms with Crippen LogP contribution in [-0.2, 0) is 21.9 Å². The third-order valence-corrected chi connectivity index (χ3v) is 6.00. The first-order valence-corrected chi connectivity index (χ1v) is 11.0. The fourth-order valence-corrected chi connectivity index (χ4v) is 4.15. The number of hydrogen-bond acceptors (Lipinski definition) is 6. The van der Waals surface area contributed by atoms with E-state index in [9.17, 15) is 31.1 Å². The minimum Gasteiger partial charge on any atom is -0.378 e. The fourth-order valence-electron chi connectivity index (χ4n) is 3.35. The van der Waals surface area contributed by atoms with Crippen molar-refractivity contribution in [3.8, 4) is 0 Å². The molecule has 0 spiro atoms. The minimum absolute atomic E-state index is 0.00961. The molecule has 0 unspecified atom stereocenters. The molecule has 2 heterocycles. The van der Waals surface area contributed by atoms with E-state index < -0.39 is 35.1 Å². The number of amides is 1. The molecule has 2 fully saturated rings. The lowest BCUT2D eigenvalue weighted by Crippen LogP contribution is -2.38. The van der Waals surface area contributed by atoms with Gasteiger partial charge in [-0.05, 0) is 31.0 Å². The number of rotatable bonds is 6. The lowest BCUT2D eigenvalue weighted by Gasteiger charge is -2.27. The molecule has 2 aliphatic rings. The first-order valence-electron chi connectivity index (χ1n) is 10.0. The van der Waals surface area contributed by atoms with E-state index in [1.54, 1.807) is 0 Å². The molecule has 1 amide bonds. The van der Waals surface area contributed by atoms with Crippen LogP contribution in [0.2, 0.25) is 0 Å². The number of halogens is 6. The molecule has 1 aromatic heterocycles. The molecule has 1 saturated heterocycles. The van der Waals surface area contributed by atoms with E-state index in [0.717, 1.165) is 24.6 Å². The normalized spacial score (nSPS) is 17.3. The van der Waals surface area contributed by atoms with Gasteiger partial charge in [-0.2, -0.15) is 26.3 Å². The Balaban J connectivity index is 1.46. The maximum absolute atomic E-state index is 13.0. The molecule has 1 aliphatic carbocycles. The topological polar surface area (TPSA) is 72.3 Å². The van der Waals surface area contributed by atoms with Crippen LogP contribution in [0.1, 0.15) is 30.0 Å². The highest BCUT2D eigenvalue weighted by Crippen LogP contribution is 2.41. The lowest BCUT2D eigenvalue weighted by atomic mass is 10.1. The Bertz CT molecular complexity index is 983. The molecule has 1 N–H and O–H groups in total. The summed E-state index contributed by atoms with van der Waals surface area (Å²) in [5.41, 5.74) is -3.58.